The Hall–Kier alpha value is -0.280. The van der Waals surface area contributed by atoms with E-state index in [1.54, 1.807) is 0 Å². The van der Waals surface area contributed by atoms with Crippen LogP contribution in [0.3, 0.4) is 0 Å². The first-order valence-electron chi connectivity index (χ1n) is 5.69. The van der Waals surface area contributed by atoms with Gasteiger partial charge in [-0.3, -0.25) is 0 Å². The van der Waals surface area contributed by atoms with Crippen LogP contribution in [0.5, 0.6) is 0 Å². The smallest absolute Gasteiger partial charge is 0.108 e. The Morgan fingerprint density at radius 2 is 1.29 bits per heavy atom. The molecule has 1 rings (SSSR count). The molecule has 0 aromatic carbocycles. The monoisotopic (exact) mass is 251 g/mol. The molecule has 0 radical (unpaired) electrons. The number of hydrogen-bond acceptors (Lipinski definition) is 7. The summed E-state index contributed by atoms with van der Waals surface area (Å²) in [6, 6.07) is -0.942. The number of rotatable bonds is 4. The molecule has 0 aromatic heterocycles. The zero-order valence-corrected chi connectivity index (χ0v) is 9.48. The van der Waals surface area contributed by atoms with E-state index in [1.165, 1.54) is 0 Å². The minimum Gasteiger partial charge on any atom is -0.395 e. The van der Waals surface area contributed by atoms with Gasteiger partial charge in [0.25, 0.3) is 0 Å². The second kappa shape index (κ2) is 6.60. The second-order valence-corrected chi connectivity index (χ2v) is 4.51. The first-order chi connectivity index (χ1) is 7.99. The highest BCUT2D eigenvalue weighted by molar-refractivity contribution is 4.91. The van der Waals surface area contributed by atoms with E-state index in [1.807, 2.05) is 0 Å². The minimum absolute atomic E-state index is 0.131. The van der Waals surface area contributed by atoms with Crippen LogP contribution < -0.4 is 5.32 Å². The molecule has 0 aliphatic heterocycles. The highest BCUT2D eigenvalue weighted by Gasteiger charge is 2.37. The maximum Gasteiger partial charge on any atom is 0.108 e. The molecular weight excluding hydrogens is 230 g/mol. The Labute approximate surface area is 99.3 Å². The van der Waals surface area contributed by atoms with E-state index >= 15 is 0 Å². The SMILES string of the molecule is OCC(CO)NC1C[C@H](O)[C@@H](O)[C@H](O)[C@@H](O)C1. The molecular formula is C10H21NO6. The van der Waals surface area contributed by atoms with Crippen LogP contribution in [0.1, 0.15) is 12.8 Å². The lowest BCUT2D eigenvalue weighted by Gasteiger charge is -2.24. The average molecular weight is 251 g/mol. The van der Waals surface area contributed by atoms with Crippen molar-refractivity contribution in [2.75, 3.05) is 13.2 Å². The van der Waals surface area contributed by atoms with Gasteiger partial charge in [0.05, 0.1) is 31.5 Å². The van der Waals surface area contributed by atoms with Crippen molar-refractivity contribution in [2.45, 2.75) is 49.3 Å². The van der Waals surface area contributed by atoms with Gasteiger partial charge >= 0.3 is 0 Å². The van der Waals surface area contributed by atoms with E-state index in [2.05, 4.69) is 5.32 Å². The quantitative estimate of drug-likeness (QED) is 0.258. The number of aliphatic hydroxyl groups excluding tert-OH is 6. The summed E-state index contributed by atoms with van der Waals surface area (Å²) in [7, 11) is 0. The summed E-state index contributed by atoms with van der Waals surface area (Å²) in [5.74, 6) is 0. The van der Waals surface area contributed by atoms with E-state index < -0.39 is 36.5 Å². The second-order valence-electron chi connectivity index (χ2n) is 4.51. The molecule has 0 bridgehead atoms. The molecule has 7 N–H and O–H groups in total. The summed E-state index contributed by atoms with van der Waals surface area (Å²) in [5, 5.41) is 58.8. The molecule has 102 valence electrons. The van der Waals surface area contributed by atoms with Gasteiger partial charge in [0.2, 0.25) is 0 Å². The maximum atomic E-state index is 9.59. The average Bonchev–Trinajstić information content (AvgIpc) is 2.40. The highest BCUT2D eigenvalue weighted by Crippen LogP contribution is 2.20. The molecule has 1 aliphatic rings. The van der Waals surface area contributed by atoms with Gasteiger partial charge in [-0.05, 0) is 12.8 Å². The van der Waals surface area contributed by atoms with Crippen LogP contribution in [0.4, 0.5) is 0 Å². The molecule has 0 heterocycles. The molecule has 0 amide bonds. The Kier molecular flexibility index (Phi) is 5.74. The van der Waals surface area contributed by atoms with Crippen molar-refractivity contribution in [3.05, 3.63) is 0 Å². The molecule has 1 fully saturated rings. The van der Waals surface area contributed by atoms with E-state index in [9.17, 15) is 20.4 Å². The van der Waals surface area contributed by atoms with Crippen molar-refractivity contribution in [3.63, 3.8) is 0 Å². The summed E-state index contributed by atoms with van der Waals surface area (Å²) in [6.07, 6.45) is -4.83. The van der Waals surface area contributed by atoms with Crippen LogP contribution in [0, 0.1) is 0 Å². The fraction of sp³-hybridized carbons (Fsp3) is 1.00. The number of nitrogens with one attached hydrogen (secondary N) is 1. The van der Waals surface area contributed by atoms with Crippen LogP contribution >= 0.6 is 0 Å². The van der Waals surface area contributed by atoms with Crippen LogP contribution in [0.15, 0.2) is 0 Å². The maximum absolute atomic E-state index is 9.59. The lowest BCUT2D eigenvalue weighted by Crippen LogP contribution is -2.45. The Morgan fingerprint density at radius 3 is 1.65 bits per heavy atom. The van der Waals surface area contributed by atoms with E-state index in [0.29, 0.717) is 0 Å². The summed E-state index contributed by atoms with van der Waals surface area (Å²) >= 11 is 0. The zero-order valence-electron chi connectivity index (χ0n) is 9.48. The first-order valence-corrected chi connectivity index (χ1v) is 5.69. The van der Waals surface area contributed by atoms with Gasteiger partial charge < -0.3 is 36.0 Å². The Morgan fingerprint density at radius 1 is 0.882 bits per heavy atom. The Bertz CT molecular complexity index is 206. The standard InChI is InChI=1S/C10H21NO6/c12-3-6(4-13)11-5-1-7(14)9(16)10(17)8(15)2-5/h5-17H,1-4H2/t7-,8-,9+,10+/m0/s1. The lowest BCUT2D eigenvalue weighted by atomic mass is 10.1. The molecule has 1 saturated carbocycles. The minimum atomic E-state index is -1.39. The molecule has 0 unspecified atom stereocenters. The third kappa shape index (κ3) is 3.85. The lowest BCUT2D eigenvalue weighted by molar-refractivity contribution is -0.0947. The molecule has 1 aliphatic carbocycles. The summed E-state index contributed by atoms with van der Waals surface area (Å²) in [6.45, 7) is -0.547. The van der Waals surface area contributed by atoms with Gasteiger partial charge in [0.15, 0.2) is 0 Å². The van der Waals surface area contributed by atoms with Gasteiger partial charge in [0.1, 0.15) is 12.2 Å². The fourth-order valence-electron chi connectivity index (χ4n) is 2.05. The Balaban J connectivity index is 2.62. The third-order valence-corrected chi connectivity index (χ3v) is 3.10. The van der Waals surface area contributed by atoms with Crippen LogP contribution in [-0.2, 0) is 0 Å². The van der Waals surface area contributed by atoms with E-state index in [4.69, 9.17) is 10.2 Å². The molecule has 0 aromatic rings. The predicted molar refractivity (Wildman–Crippen MR) is 58.1 cm³/mol. The topological polar surface area (TPSA) is 133 Å². The van der Waals surface area contributed by atoms with Crippen molar-refractivity contribution in [2.24, 2.45) is 0 Å². The molecule has 17 heavy (non-hydrogen) atoms. The van der Waals surface area contributed by atoms with Gasteiger partial charge in [-0.15, -0.1) is 0 Å². The van der Waals surface area contributed by atoms with Crippen molar-refractivity contribution in [1.82, 2.24) is 5.32 Å². The first kappa shape index (κ1) is 14.8. The summed E-state index contributed by atoms with van der Waals surface area (Å²) in [5.41, 5.74) is 0. The van der Waals surface area contributed by atoms with Gasteiger partial charge in [0, 0.05) is 6.04 Å². The highest BCUT2D eigenvalue weighted by atomic mass is 16.4. The van der Waals surface area contributed by atoms with Gasteiger partial charge in [-0.25, -0.2) is 0 Å². The molecule has 7 heteroatoms. The number of aliphatic hydroxyl groups is 6. The van der Waals surface area contributed by atoms with Crippen molar-refractivity contribution >= 4 is 0 Å². The molecule has 0 spiro atoms. The molecule has 0 saturated heterocycles. The number of hydrogen-bond donors (Lipinski definition) is 7. The van der Waals surface area contributed by atoms with Crippen LogP contribution in [-0.4, -0.2) is 80.4 Å². The van der Waals surface area contributed by atoms with E-state index in [-0.39, 0.29) is 26.1 Å². The van der Waals surface area contributed by atoms with Crippen molar-refractivity contribution < 1.29 is 30.6 Å². The van der Waals surface area contributed by atoms with Crippen LogP contribution in [0.25, 0.3) is 0 Å². The predicted octanol–water partition coefficient (Wildman–Crippen LogP) is -3.46. The van der Waals surface area contributed by atoms with E-state index in [0.717, 1.165) is 0 Å². The molecule has 4 atom stereocenters. The third-order valence-electron chi connectivity index (χ3n) is 3.10. The van der Waals surface area contributed by atoms with Crippen molar-refractivity contribution in [3.8, 4) is 0 Å². The van der Waals surface area contributed by atoms with Crippen molar-refractivity contribution in [1.29, 1.82) is 0 Å². The van der Waals surface area contributed by atoms with Crippen LogP contribution in [0.2, 0.25) is 0 Å². The zero-order chi connectivity index (χ0) is 13.0. The molecule has 7 nitrogen and oxygen atoms in total. The normalized spacial score (nSPS) is 36.2. The van der Waals surface area contributed by atoms with Gasteiger partial charge in [-0.2, -0.15) is 0 Å². The largest absolute Gasteiger partial charge is 0.395 e. The van der Waals surface area contributed by atoms with Gasteiger partial charge in [-0.1, -0.05) is 0 Å². The fourth-order valence-corrected chi connectivity index (χ4v) is 2.05. The summed E-state index contributed by atoms with van der Waals surface area (Å²) in [4.78, 5) is 0. The summed E-state index contributed by atoms with van der Waals surface area (Å²) < 4.78 is 0.